The molecule has 0 saturated carbocycles. The molecule has 0 aromatic heterocycles. The van der Waals surface area contributed by atoms with E-state index in [4.69, 9.17) is 5.73 Å². The minimum atomic E-state index is -0.779. The Hall–Kier alpha value is -1.49. The Bertz CT molecular complexity index is 435. The lowest BCUT2D eigenvalue weighted by Gasteiger charge is -2.15. The zero-order valence-electron chi connectivity index (χ0n) is 10.6. The highest BCUT2D eigenvalue weighted by atomic mass is 19.1. The molecule has 0 fully saturated rings. The Balaban J connectivity index is 2.90. The van der Waals surface area contributed by atoms with E-state index in [1.165, 1.54) is 13.0 Å². The predicted octanol–water partition coefficient (Wildman–Crippen LogP) is 2.59. The van der Waals surface area contributed by atoms with Crippen LogP contribution in [-0.2, 0) is 4.79 Å². The van der Waals surface area contributed by atoms with Gasteiger partial charge in [0, 0.05) is 6.54 Å². The van der Waals surface area contributed by atoms with Crippen LogP contribution >= 0.6 is 0 Å². The second kappa shape index (κ2) is 6.44. The van der Waals surface area contributed by atoms with Gasteiger partial charge >= 0.3 is 0 Å². The summed E-state index contributed by atoms with van der Waals surface area (Å²) in [5, 5.41) is 2.29. The molecule has 5 heteroatoms. The zero-order chi connectivity index (χ0) is 13.7. The standard InChI is InChI=1S/C13H18F2N2O/c1-3-4-9(7-16)13(18)17-12-10(14)6-5-8(2)11(12)15/h5-6,9H,3-4,7,16H2,1-2H3,(H,17,18). The number of anilines is 1. The molecular weight excluding hydrogens is 238 g/mol. The summed E-state index contributed by atoms with van der Waals surface area (Å²) in [5.41, 5.74) is 5.36. The fourth-order valence-electron chi connectivity index (χ4n) is 1.70. The van der Waals surface area contributed by atoms with Crippen LogP contribution in [0.1, 0.15) is 25.3 Å². The van der Waals surface area contributed by atoms with Crippen molar-refractivity contribution in [2.45, 2.75) is 26.7 Å². The molecule has 1 unspecified atom stereocenters. The Kier molecular flexibility index (Phi) is 5.22. The number of carbonyl (C=O) groups excluding carboxylic acids is 1. The molecule has 3 N–H and O–H groups in total. The lowest BCUT2D eigenvalue weighted by Crippen LogP contribution is -2.29. The number of benzene rings is 1. The van der Waals surface area contributed by atoms with Crippen LogP contribution in [0.3, 0.4) is 0 Å². The van der Waals surface area contributed by atoms with Gasteiger partial charge in [0.15, 0.2) is 5.82 Å². The summed E-state index contributed by atoms with van der Waals surface area (Å²) in [6.45, 7) is 3.59. The Morgan fingerprint density at radius 1 is 1.44 bits per heavy atom. The van der Waals surface area contributed by atoms with E-state index in [0.29, 0.717) is 6.42 Å². The number of nitrogens with one attached hydrogen (secondary N) is 1. The predicted molar refractivity (Wildman–Crippen MR) is 67.2 cm³/mol. The van der Waals surface area contributed by atoms with Gasteiger partial charge in [-0.05, 0) is 25.0 Å². The van der Waals surface area contributed by atoms with Gasteiger partial charge in [0.05, 0.1) is 5.92 Å². The minimum absolute atomic E-state index is 0.161. The molecule has 0 saturated heterocycles. The first-order valence-corrected chi connectivity index (χ1v) is 5.96. The maximum absolute atomic E-state index is 13.7. The molecule has 3 nitrogen and oxygen atoms in total. The third-order valence-corrected chi connectivity index (χ3v) is 2.82. The molecular formula is C13H18F2N2O. The second-order valence-electron chi connectivity index (χ2n) is 4.26. The van der Waals surface area contributed by atoms with Crippen molar-refractivity contribution in [1.29, 1.82) is 0 Å². The second-order valence-corrected chi connectivity index (χ2v) is 4.26. The highest BCUT2D eigenvalue weighted by Gasteiger charge is 2.20. The quantitative estimate of drug-likeness (QED) is 0.850. The molecule has 0 aliphatic heterocycles. The van der Waals surface area contributed by atoms with Crippen LogP contribution < -0.4 is 11.1 Å². The Morgan fingerprint density at radius 2 is 2.11 bits per heavy atom. The molecule has 1 aromatic carbocycles. The number of amides is 1. The van der Waals surface area contributed by atoms with E-state index in [9.17, 15) is 13.6 Å². The van der Waals surface area contributed by atoms with E-state index in [2.05, 4.69) is 5.32 Å². The number of aryl methyl sites for hydroxylation is 1. The number of hydrogen-bond acceptors (Lipinski definition) is 2. The van der Waals surface area contributed by atoms with E-state index in [1.807, 2.05) is 6.92 Å². The van der Waals surface area contributed by atoms with Crippen molar-refractivity contribution in [2.75, 3.05) is 11.9 Å². The molecule has 1 rings (SSSR count). The third kappa shape index (κ3) is 3.26. The van der Waals surface area contributed by atoms with Gasteiger partial charge in [-0.3, -0.25) is 4.79 Å². The average molecular weight is 256 g/mol. The van der Waals surface area contributed by atoms with Crippen molar-refractivity contribution in [3.63, 3.8) is 0 Å². The SMILES string of the molecule is CCCC(CN)C(=O)Nc1c(F)ccc(C)c1F. The summed E-state index contributed by atoms with van der Waals surface area (Å²) < 4.78 is 27.1. The molecule has 0 heterocycles. The first kappa shape index (κ1) is 14.6. The number of halogens is 2. The van der Waals surface area contributed by atoms with Gasteiger partial charge in [-0.15, -0.1) is 0 Å². The minimum Gasteiger partial charge on any atom is -0.330 e. The number of nitrogens with two attached hydrogens (primary N) is 1. The van der Waals surface area contributed by atoms with Gasteiger partial charge in [-0.25, -0.2) is 8.78 Å². The van der Waals surface area contributed by atoms with Gasteiger partial charge < -0.3 is 11.1 Å². The number of hydrogen-bond donors (Lipinski definition) is 2. The number of rotatable bonds is 5. The van der Waals surface area contributed by atoms with Crippen LogP contribution in [0.5, 0.6) is 0 Å². The van der Waals surface area contributed by atoms with Crippen LogP contribution in [0, 0.1) is 24.5 Å². The van der Waals surface area contributed by atoms with E-state index in [-0.39, 0.29) is 12.1 Å². The first-order chi connectivity index (χ1) is 8.51. The van der Waals surface area contributed by atoms with Gasteiger partial charge in [-0.2, -0.15) is 0 Å². The Labute approximate surface area is 105 Å². The van der Waals surface area contributed by atoms with Gasteiger partial charge in [0.25, 0.3) is 0 Å². The molecule has 1 atom stereocenters. The zero-order valence-corrected chi connectivity index (χ0v) is 10.6. The monoisotopic (exact) mass is 256 g/mol. The fourth-order valence-corrected chi connectivity index (χ4v) is 1.70. The summed E-state index contributed by atoms with van der Waals surface area (Å²) in [6.07, 6.45) is 1.38. The van der Waals surface area contributed by atoms with Crippen molar-refractivity contribution in [3.8, 4) is 0 Å². The first-order valence-electron chi connectivity index (χ1n) is 5.96. The molecule has 100 valence electrons. The summed E-state index contributed by atoms with van der Waals surface area (Å²) in [4.78, 5) is 11.8. The molecule has 0 spiro atoms. The molecule has 0 aliphatic rings. The molecule has 0 bridgehead atoms. The van der Waals surface area contributed by atoms with Crippen LogP contribution in [-0.4, -0.2) is 12.5 Å². The molecule has 1 amide bonds. The molecule has 18 heavy (non-hydrogen) atoms. The summed E-state index contributed by atoms with van der Waals surface area (Å²) >= 11 is 0. The van der Waals surface area contributed by atoms with E-state index in [0.717, 1.165) is 12.5 Å². The fraction of sp³-hybridized carbons (Fsp3) is 0.462. The maximum Gasteiger partial charge on any atom is 0.228 e. The maximum atomic E-state index is 13.7. The summed E-state index contributed by atoms with van der Waals surface area (Å²) in [7, 11) is 0. The highest BCUT2D eigenvalue weighted by molar-refractivity contribution is 5.93. The van der Waals surface area contributed by atoms with Crippen LogP contribution in [0.2, 0.25) is 0 Å². The van der Waals surface area contributed by atoms with Crippen LogP contribution in [0.25, 0.3) is 0 Å². The topological polar surface area (TPSA) is 55.1 Å². The largest absolute Gasteiger partial charge is 0.330 e. The van der Waals surface area contributed by atoms with Crippen molar-refractivity contribution in [2.24, 2.45) is 11.7 Å². The van der Waals surface area contributed by atoms with Crippen molar-refractivity contribution in [3.05, 3.63) is 29.3 Å². The van der Waals surface area contributed by atoms with Gasteiger partial charge in [0.1, 0.15) is 11.5 Å². The normalized spacial score (nSPS) is 12.3. The summed E-state index contributed by atoms with van der Waals surface area (Å²) in [5.74, 6) is -2.38. The molecule has 1 aromatic rings. The van der Waals surface area contributed by atoms with Crippen LogP contribution in [0.4, 0.5) is 14.5 Å². The van der Waals surface area contributed by atoms with E-state index < -0.39 is 29.1 Å². The lowest BCUT2D eigenvalue weighted by atomic mass is 10.0. The van der Waals surface area contributed by atoms with E-state index in [1.54, 1.807) is 0 Å². The van der Waals surface area contributed by atoms with Crippen LogP contribution in [0.15, 0.2) is 12.1 Å². The number of carbonyl (C=O) groups is 1. The third-order valence-electron chi connectivity index (χ3n) is 2.82. The van der Waals surface area contributed by atoms with E-state index >= 15 is 0 Å². The average Bonchev–Trinajstić information content (AvgIpc) is 2.36. The van der Waals surface area contributed by atoms with Crippen molar-refractivity contribution < 1.29 is 13.6 Å². The smallest absolute Gasteiger partial charge is 0.228 e. The van der Waals surface area contributed by atoms with Crippen molar-refractivity contribution >= 4 is 11.6 Å². The highest BCUT2D eigenvalue weighted by Crippen LogP contribution is 2.22. The summed E-state index contributed by atoms with van der Waals surface area (Å²) in [6, 6.07) is 2.46. The van der Waals surface area contributed by atoms with Gasteiger partial charge in [0.2, 0.25) is 5.91 Å². The lowest BCUT2D eigenvalue weighted by molar-refractivity contribution is -0.119. The van der Waals surface area contributed by atoms with Crippen molar-refractivity contribution in [1.82, 2.24) is 0 Å². The van der Waals surface area contributed by atoms with Gasteiger partial charge in [-0.1, -0.05) is 19.4 Å². The molecule has 0 aliphatic carbocycles. The molecule has 0 radical (unpaired) electrons. The Morgan fingerprint density at radius 3 is 2.67 bits per heavy atom.